The fourth-order valence-corrected chi connectivity index (χ4v) is 4.78. The van der Waals surface area contributed by atoms with E-state index in [1.165, 1.54) is 11.3 Å². The molecule has 184 valence electrons. The van der Waals surface area contributed by atoms with E-state index in [2.05, 4.69) is 21.6 Å². The van der Waals surface area contributed by atoms with Crippen molar-refractivity contribution in [2.45, 2.75) is 52.9 Å². The topological polar surface area (TPSA) is 129 Å². The largest absolute Gasteiger partial charge is 0.490 e. The predicted octanol–water partition coefficient (Wildman–Crippen LogP) is 2.21. The summed E-state index contributed by atoms with van der Waals surface area (Å²) >= 11 is 1.39. The molecule has 11 heteroatoms. The Labute approximate surface area is 208 Å². The van der Waals surface area contributed by atoms with Gasteiger partial charge in [-0.3, -0.25) is 4.79 Å². The molecule has 10 nitrogen and oxygen atoms in total. The van der Waals surface area contributed by atoms with E-state index in [0.29, 0.717) is 47.5 Å². The maximum absolute atomic E-state index is 12.6. The third kappa shape index (κ3) is 5.51. The van der Waals surface area contributed by atoms with E-state index >= 15 is 0 Å². The maximum Gasteiger partial charge on any atom is 0.236 e. The molecule has 1 atom stereocenters. The Morgan fingerprint density at radius 1 is 1.34 bits per heavy atom. The van der Waals surface area contributed by atoms with Gasteiger partial charge in [-0.15, -0.1) is 10.2 Å². The molecule has 0 aliphatic carbocycles. The Balaban J connectivity index is 1.52. The number of carbonyl (C=O) groups excluding carboxylic acids is 1. The number of nitrogens with one attached hydrogen (secondary N) is 1. The second-order valence-electron chi connectivity index (χ2n) is 8.85. The molecule has 0 unspecified atom stereocenters. The number of aliphatic hydroxyl groups excluding tert-OH is 1. The molecule has 1 aliphatic rings. The molecule has 0 saturated heterocycles. The van der Waals surface area contributed by atoms with Gasteiger partial charge in [0.25, 0.3) is 0 Å². The number of aromatic nitrogens is 4. The maximum atomic E-state index is 12.6. The quantitative estimate of drug-likeness (QED) is 0.487. The van der Waals surface area contributed by atoms with Crippen LogP contribution < -0.4 is 10.1 Å². The third-order valence-corrected chi connectivity index (χ3v) is 6.61. The molecule has 35 heavy (non-hydrogen) atoms. The predicted molar refractivity (Wildman–Crippen MR) is 131 cm³/mol. The lowest BCUT2D eigenvalue weighted by molar-refractivity contribution is -0.131. The summed E-state index contributed by atoms with van der Waals surface area (Å²) < 4.78 is 7.49. The van der Waals surface area contributed by atoms with E-state index in [4.69, 9.17) is 9.84 Å². The first-order valence-corrected chi connectivity index (χ1v) is 12.4. The summed E-state index contributed by atoms with van der Waals surface area (Å²) in [5.74, 6) is 0.548. The van der Waals surface area contributed by atoms with E-state index in [0.717, 1.165) is 22.5 Å². The van der Waals surface area contributed by atoms with Gasteiger partial charge in [-0.1, -0.05) is 11.3 Å². The van der Waals surface area contributed by atoms with Crippen molar-refractivity contribution in [2.24, 2.45) is 0 Å². The molecule has 1 aromatic carbocycles. The first kappa shape index (κ1) is 24.8. The number of benzene rings is 1. The van der Waals surface area contributed by atoms with Crippen LogP contribution in [0, 0.1) is 18.3 Å². The highest BCUT2D eigenvalue weighted by atomic mass is 32.1. The second kappa shape index (κ2) is 10.5. The van der Waals surface area contributed by atoms with Gasteiger partial charge in [-0.2, -0.15) is 10.4 Å². The minimum absolute atomic E-state index is 0.000147. The molecule has 1 amide bonds. The third-order valence-electron chi connectivity index (χ3n) is 5.66. The molecule has 1 aliphatic heterocycles. The number of hydrogen-bond donors (Lipinski definition) is 2. The second-order valence-corrected chi connectivity index (χ2v) is 9.80. The highest BCUT2D eigenvalue weighted by Crippen LogP contribution is 2.31. The lowest BCUT2D eigenvalue weighted by Crippen LogP contribution is -2.42. The van der Waals surface area contributed by atoms with Crippen LogP contribution in [0.5, 0.6) is 5.75 Å². The van der Waals surface area contributed by atoms with Crippen molar-refractivity contribution in [3.05, 3.63) is 40.7 Å². The van der Waals surface area contributed by atoms with Gasteiger partial charge in [0.2, 0.25) is 11.0 Å². The molecular weight excluding hydrogens is 466 g/mol. The van der Waals surface area contributed by atoms with Gasteiger partial charge in [0.15, 0.2) is 0 Å². The van der Waals surface area contributed by atoms with Crippen LogP contribution in [-0.4, -0.2) is 67.7 Å². The summed E-state index contributed by atoms with van der Waals surface area (Å²) in [6.45, 7) is 9.15. The van der Waals surface area contributed by atoms with Gasteiger partial charge in [0.05, 0.1) is 30.0 Å². The van der Waals surface area contributed by atoms with E-state index < -0.39 is 6.10 Å². The number of amides is 1. The van der Waals surface area contributed by atoms with Crippen molar-refractivity contribution < 1.29 is 14.6 Å². The summed E-state index contributed by atoms with van der Waals surface area (Å²) in [5, 5.41) is 36.6. The van der Waals surface area contributed by atoms with Crippen molar-refractivity contribution >= 4 is 17.2 Å². The Bertz CT molecular complexity index is 1260. The molecule has 2 N–H and O–H groups in total. The van der Waals surface area contributed by atoms with E-state index in [1.54, 1.807) is 23.7 Å². The lowest BCUT2D eigenvalue weighted by atomic mass is 10.1. The van der Waals surface area contributed by atoms with Crippen LogP contribution >= 0.6 is 11.3 Å². The van der Waals surface area contributed by atoms with Crippen molar-refractivity contribution in [3.8, 4) is 27.5 Å². The van der Waals surface area contributed by atoms with Gasteiger partial charge in [-0.25, -0.2) is 4.68 Å². The van der Waals surface area contributed by atoms with Gasteiger partial charge >= 0.3 is 0 Å². The fourth-order valence-electron chi connectivity index (χ4n) is 3.93. The monoisotopic (exact) mass is 495 g/mol. The van der Waals surface area contributed by atoms with Crippen LogP contribution in [0.25, 0.3) is 15.7 Å². The average molecular weight is 496 g/mol. The van der Waals surface area contributed by atoms with Gasteiger partial charge in [0.1, 0.15) is 16.8 Å². The van der Waals surface area contributed by atoms with E-state index in [-0.39, 0.29) is 18.6 Å². The van der Waals surface area contributed by atoms with Crippen LogP contribution in [0.15, 0.2) is 18.2 Å². The van der Waals surface area contributed by atoms with Gasteiger partial charge in [0, 0.05) is 42.9 Å². The SMILES string of the molecule is Cc1c2c(nn1-c1nnc(-c3ccc(OC(C)C)c(C#N)c3)s1)CCN(C(=O)CNC[C@H](C)O)C2. The van der Waals surface area contributed by atoms with Crippen molar-refractivity contribution in [3.63, 3.8) is 0 Å². The van der Waals surface area contributed by atoms with Crippen LogP contribution in [0.4, 0.5) is 0 Å². The molecule has 3 aromatic rings. The molecular formula is C24H29N7O3S. The Morgan fingerprint density at radius 2 is 2.14 bits per heavy atom. The highest BCUT2D eigenvalue weighted by Gasteiger charge is 2.27. The molecule has 0 saturated carbocycles. The first-order valence-electron chi connectivity index (χ1n) is 11.6. The summed E-state index contributed by atoms with van der Waals surface area (Å²) in [6, 6.07) is 7.61. The molecule has 2 aromatic heterocycles. The molecule has 0 radical (unpaired) electrons. The standard InChI is InChI=1S/C24H29N7O3S/c1-14(2)34-21-6-5-17(9-18(21)10-25)23-27-28-24(35-23)31-16(4)19-13-30(8-7-20(19)29-31)22(33)12-26-11-15(3)32/h5-6,9,14-15,26,32H,7-8,11-13H2,1-4H3/t15-/m0/s1. The lowest BCUT2D eigenvalue weighted by Gasteiger charge is -2.27. The summed E-state index contributed by atoms with van der Waals surface area (Å²) in [6.07, 6.45) is 0.146. The number of ether oxygens (including phenoxy) is 1. The summed E-state index contributed by atoms with van der Waals surface area (Å²) in [7, 11) is 0. The Kier molecular flexibility index (Phi) is 7.45. The highest BCUT2D eigenvalue weighted by molar-refractivity contribution is 7.17. The van der Waals surface area contributed by atoms with E-state index in [9.17, 15) is 15.2 Å². The van der Waals surface area contributed by atoms with Crippen LogP contribution in [0.3, 0.4) is 0 Å². The number of rotatable bonds is 8. The zero-order chi connectivity index (χ0) is 25.1. The molecule has 0 spiro atoms. The summed E-state index contributed by atoms with van der Waals surface area (Å²) in [4.78, 5) is 14.4. The van der Waals surface area contributed by atoms with Crippen molar-refractivity contribution in [2.75, 3.05) is 19.6 Å². The molecule has 0 fully saturated rings. The van der Waals surface area contributed by atoms with Gasteiger partial charge in [-0.05, 0) is 45.9 Å². The van der Waals surface area contributed by atoms with E-state index in [1.807, 2.05) is 31.7 Å². The normalized spacial score (nSPS) is 14.0. The Morgan fingerprint density at radius 3 is 2.86 bits per heavy atom. The van der Waals surface area contributed by atoms with Crippen LogP contribution in [-0.2, 0) is 17.8 Å². The smallest absolute Gasteiger partial charge is 0.236 e. The fraction of sp³-hybridized carbons (Fsp3) is 0.458. The zero-order valence-electron chi connectivity index (χ0n) is 20.3. The number of nitrogens with zero attached hydrogens (tertiary/aromatic N) is 6. The summed E-state index contributed by atoms with van der Waals surface area (Å²) in [5.41, 5.74) is 4.15. The number of nitriles is 1. The number of aliphatic hydroxyl groups is 1. The zero-order valence-corrected chi connectivity index (χ0v) is 21.1. The minimum atomic E-state index is -0.495. The average Bonchev–Trinajstić information content (AvgIpc) is 3.43. The Hall–Kier alpha value is -3.33. The van der Waals surface area contributed by atoms with Crippen LogP contribution in [0.2, 0.25) is 0 Å². The molecule has 4 rings (SSSR count). The number of fused-ring (bicyclic) bond motifs is 1. The number of hydrogen-bond acceptors (Lipinski definition) is 9. The first-order chi connectivity index (χ1) is 16.8. The van der Waals surface area contributed by atoms with Gasteiger partial charge < -0.3 is 20.1 Å². The number of carbonyl (C=O) groups is 1. The van der Waals surface area contributed by atoms with Crippen LogP contribution in [0.1, 0.15) is 43.3 Å². The van der Waals surface area contributed by atoms with Crippen molar-refractivity contribution in [1.82, 2.24) is 30.2 Å². The molecule has 3 heterocycles. The minimum Gasteiger partial charge on any atom is -0.490 e. The van der Waals surface area contributed by atoms with Crippen molar-refractivity contribution in [1.29, 1.82) is 5.26 Å². The molecule has 0 bridgehead atoms.